The van der Waals surface area contributed by atoms with E-state index >= 15 is 9.59 Å². The first-order valence-corrected chi connectivity index (χ1v) is 32.3. The zero-order valence-electron chi connectivity index (χ0n) is 44.3. The molecule has 2 aliphatic rings. The van der Waals surface area contributed by atoms with Gasteiger partial charge in [-0.1, -0.05) is 132 Å². The Morgan fingerprint density at radius 3 is 1.18 bits per heavy atom. The predicted octanol–water partition coefficient (Wildman–Crippen LogP) is 19.3. The minimum atomic E-state index is -0.0954. The molecule has 8 heterocycles. The van der Waals surface area contributed by atoms with Crippen molar-refractivity contribution in [2.45, 2.75) is 171 Å². The fourth-order valence-corrected chi connectivity index (χ4v) is 16.3. The first-order valence-electron chi connectivity index (χ1n) is 27.4. The van der Waals surface area contributed by atoms with Gasteiger partial charge in [0, 0.05) is 64.5 Å². The SMILES string of the molecule is CCCCCCc1ccc(-c2ccc(-c3cnc(C4=C5C(=O)N(CC[C@@H](C)CCCC(C)C)C(c6ncc(-c7ccc(-c8ccc(CCCCCC)s8)s7)s6)=C5C(=O)N4CC[C@@H](C)CCCC(C)C)s3)s2)s1. The van der Waals surface area contributed by atoms with Crippen LogP contribution in [0.25, 0.3) is 50.4 Å². The normalized spacial score (nSPS) is 15.0. The van der Waals surface area contributed by atoms with Crippen LogP contribution in [0.15, 0.2) is 72.1 Å². The third-order valence-corrected chi connectivity index (χ3v) is 21.6. The summed E-state index contributed by atoms with van der Waals surface area (Å²) < 4.78 is 0. The molecule has 0 saturated carbocycles. The number of hydrogen-bond acceptors (Lipinski definition) is 10. The molecule has 2 atom stereocenters. The molecule has 0 saturated heterocycles. The van der Waals surface area contributed by atoms with Crippen LogP contribution in [-0.2, 0) is 22.4 Å². The summed E-state index contributed by atoms with van der Waals surface area (Å²) in [7, 11) is 0. The van der Waals surface area contributed by atoms with E-state index in [1.54, 1.807) is 45.3 Å². The molecule has 0 bridgehead atoms. The predicted molar refractivity (Wildman–Crippen MR) is 315 cm³/mol. The molecular formula is C60H78N4O2S6. The molecule has 8 rings (SSSR count). The van der Waals surface area contributed by atoms with Gasteiger partial charge in [0.2, 0.25) is 0 Å². The summed E-state index contributed by atoms with van der Waals surface area (Å²) in [4.78, 5) is 57.3. The maximum atomic E-state index is 15.4. The van der Waals surface area contributed by atoms with Crippen LogP contribution in [0.5, 0.6) is 0 Å². The first kappa shape index (κ1) is 54.7. The van der Waals surface area contributed by atoms with Crippen molar-refractivity contribution in [2.24, 2.45) is 23.7 Å². The Hall–Kier alpha value is -3.52. The van der Waals surface area contributed by atoms with Crippen LogP contribution in [-0.4, -0.2) is 44.7 Å². The van der Waals surface area contributed by atoms with E-state index in [0.29, 0.717) is 59.3 Å². The number of hydrogen-bond donors (Lipinski definition) is 0. The maximum Gasteiger partial charge on any atom is 0.261 e. The van der Waals surface area contributed by atoms with E-state index in [0.717, 1.165) is 68.0 Å². The van der Waals surface area contributed by atoms with Crippen molar-refractivity contribution in [3.63, 3.8) is 0 Å². The minimum Gasteiger partial charge on any atom is -0.305 e. The van der Waals surface area contributed by atoms with Crippen molar-refractivity contribution in [3.8, 4) is 39.0 Å². The number of thiazole rings is 2. The molecule has 6 aromatic heterocycles. The fraction of sp³-hybridized carbons (Fsp3) is 0.533. The van der Waals surface area contributed by atoms with E-state index in [-0.39, 0.29) is 11.8 Å². The van der Waals surface area contributed by atoms with Gasteiger partial charge in [-0.25, -0.2) is 9.97 Å². The summed E-state index contributed by atoms with van der Waals surface area (Å²) in [6.45, 7) is 19.4. The van der Waals surface area contributed by atoms with Crippen molar-refractivity contribution >= 4 is 91.2 Å². The van der Waals surface area contributed by atoms with Gasteiger partial charge in [0.1, 0.15) is 10.0 Å². The molecule has 0 N–H and O–H groups in total. The Balaban J connectivity index is 1.13. The molecule has 0 aliphatic carbocycles. The van der Waals surface area contributed by atoms with Crippen molar-refractivity contribution < 1.29 is 9.59 Å². The summed E-state index contributed by atoms with van der Waals surface area (Å²) in [6.07, 6.45) is 25.1. The first-order chi connectivity index (χ1) is 34.9. The van der Waals surface area contributed by atoms with Crippen molar-refractivity contribution in [2.75, 3.05) is 13.1 Å². The number of aromatic nitrogens is 2. The van der Waals surface area contributed by atoms with Crippen LogP contribution in [0.2, 0.25) is 0 Å². The average molecular weight is 1080 g/mol. The highest BCUT2D eigenvalue weighted by Crippen LogP contribution is 2.50. The number of unbranched alkanes of at least 4 members (excludes halogenated alkanes) is 6. The number of rotatable bonds is 30. The Morgan fingerprint density at radius 1 is 0.417 bits per heavy atom. The van der Waals surface area contributed by atoms with Gasteiger partial charge < -0.3 is 9.80 Å². The topological polar surface area (TPSA) is 66.4 Å². The third kappa shape index (κ3) is 13.7. The minimum absolute atomic E-state index is 0.0954. The maximum absolute atomic E-state index is 15.4. The van der Waals surface area contributed by atoms with Crippen molar-refractivity contribution in [1.29, 1.82) is 0 Å². The molecule has 386 valence electrons. The summed E-state index contributed by atoms with van der Waals surface area (Å²) in [5, 5.41) is 1.47. The van der Waals surface area contributed by atoms with E-state index < -0.39 is 0 Å². The molecule has 0 fully saturated rings. The highest BCUT2D eigenvalue weighted by atomic mass is 32.1. The molecule has 6 nitrogen and oxygen atoms in total. The second-order valence-corrected chi connectivity index (χ2v) is 27.9. The van der Waals surface area contributed by atoms with E-state index in [2.05, 4.69) is 104 Å². The van der Waals surface area contributed by atoms with Crippen LogP contribution < -0.4 is 0 Å². The molecule has 0 spiro atoms. The smallest absolute Gasteiger partial charge is 0.261 e. The van der Waals surface area contributed by atoms with Gasteiger partial charge in [0.05, 0.1) is 32.3 Å². The molecule has 0 radical (unpaired) electrons. The van der Waals surface area contributed by atoms with Gasteiger partial charge in [-0.3, -0.25) is 9.59 Å². The zero-order chi connectivity index (χ0) is 50.7. The summed E-state index contributed by atoms with van der Waals surface area (Å²) in [5.74, 6) is 2.03. The Bertz CT molecular complexity index is 2580. The lowest BCUT2D eigenvalue weighted by atomic mass is 9.97. The molecule has 2 amide bonds. The molecule has 12 heteroatoms. The van der Waals surface area contributed by atoms with E-state index in [9.17, 15) is 0 Å². The number of nitrogens with zero attached hydrogens (tertiary/aromatic N) is 4. The lowest BCUT2D eigenvalue weighted by molar-refractivity contribution is -0.124. The average Bonchev–Trinajstić information content (AvgIpc) is 4.21. The van der Waals surface area contributed by atoms with Gasteiger partial charge >= 0.3 is 0 Å². The fourth-order valence-electron chi connectivity index (χ4n) is 9.95. The van der Waals surface area contributed by atoms with Gasteiger partial charge in [-0.15, -0.1) is 68.0 Å². The highest BCUT2D eigenvalue weighted by Gasteiger charge is 2.50. The Kier molecular flexibility index (Phi) is 20.0. The summed E-state index contributed by atoms with van der Waals surface area (Å²) in [6, 6.07) is 18.1. The molecule has 0 aromatic carbocycles. The number of amides is 2. The van der Waals surface area contributed by atoms with Gasteiger partial charge in [-0.05, 0) is 111 Å². The Labute approximate surface area is 455 Å². The quantitative estimate of drug-likeness (QED) is 0.0422. The molecule has 72 heavy (non-hydrogen) atoms. The van der Waals surface area contributed by atoms with E-state index in [4.69, 9.17) is 9.97 Å². The van der Waals surface area contributed by atoms with E-state index in [1.807, 2.05) is 44.9 Å². The van der Waals surface area contributed by atoms with Crippen LogP contribution in [0.1, 0.15) is 178 Å². The van der Waals surface area contributed by atoms with E-state index in [1.165, 1.54) is 106 Å². The molecule has 6 aromatic rings. The number of fused-ring (bicyclic) bond motifs is 1. The number of aryl methyl sites for hydroxylation is 2. The second kappa shape index (κ2) is 26.3. The largest absolute Gasteiger partial charge is 0.305 e. The summed E-state index contributed by atoms with van der Waals surface area (Å²) >= 11 is 10.6. The standard InChI is InChI=1S/C60H78N4O2S6/c1-9-11-13-15-23-43-25-27-45(67-43)47-29-31-49(69-47)51-37-61-57(71-51)55-53-54(60(66)63(55)35-33-41(7)21-17-19-39(3)4)56(64(59(53)65)36-34-42(8)22-18-20-40(5)6)58-62-38-52(72-58)50-32-30-48(70-50)46-28-26-44(68-46)24-16-14-12-10-2/h25-32,37-42H,9-24,33-36H2,1-8H3/t41-,42-/m0/s1. The van der Waals surface area contributed by atoms with Gasteiger partial charge in [0.15, 0.2) is 0 Å². The number of thiophene rings is 4. The number of carbonyl (C=O) groups excluding carboxylic acids is 2. The second-order valence-electron chi connectivity index (χ2n) is 21.3. The lowest BCUT2D eigenvalue weighted by Crippen LogP contribution is -2.32. The zero-order valence-corrected chi connectivity index (χ0v) is 49.2. The van der Waals surface area contributed by atoms with Crippen LogP contribution in [0.3, 0.4) is 0 Å². The lowest BCUT2D eigenvalue weighted by Gasteiger charge is -2.25. The van der Waals surface area contributed by atoms with Crippen LogP contribution in [0.4, 0.5) is 0 Å². The van der Waals surface area contributed by atoms with Crippen molar-refractivity contribution in [3.05, 3.63) is 91.8 Å². The third-order valence-electron chi connectivity index (χ3n) is 14.3. The molecular weight excluding hydrogens is 1000 g/mol. The van der Waals surface area contributed by atoms with Crippen molar-refractivity contribution in [1.82, 2.24) is 19.8 Å². The monoisotopic (exact) mass is 1080 g/mol. The number of carbonyl (C=O) groups is 2. The van der Waals surface area contributed by atoms with Crippen LogP contribution >= 0.6 is 68.0 Å². The van der Waals surface area contributed by atoms with Crippen LogP contribution in [0, 0.1) is 23.7 Å². The Morgan fingerprint density at radius 2 is 0.792 bits per heavy atom. The van der Waals surface area contributed by atoms with Gasteiger partial charge in [-0.2, -0.15) is 0 Å². The van der Waals surface area contributed by atoms with Gasteiger partial charge in [0.25, 0.3) is 11.8 Å². The highest BCUT2D eigenvalue weighted by molar-refractivity contribution is 7.27. The summed E-state index contributed by atoms with van der Waals surface area (Å²) in [5.41, 5.74) is 2.37. The molecule has 0 unspecified atom stereocenters. The molecule has 2 aliphatic heterocycles.